The first-order valence-electron chi connectivity index (χ1n) is 13.5. The van der Waals surface area contributed by atoms with Gasteiger partial charge in [-0.1, -0.05) is 32.1 Å². The fraction of sp³-hybridized carbons (Fsp3) is 0.600. The van der Waals surface area contributed by atoms with Crippen LogP contribution in [0.25, 0.3) is 0 Å². The summed E-state index contributed by atoms with van der Waals surface area (Å²) in [7, 11) is 0. The van der Waals surface area contributed by atoms with Gasteiger partial charge in [0.25, 0.3) is 0 Å². The van der Waals surface area contributed by atoms with Gasteiger partial charge in [0.1, 0.15) is 12.4 Å². The van der Waals surface area contributed by atoms with E-state index in [-0.39, 0.29) is 48.7 Å². The molecule has 6 nitrogen and oxygen atoms in total. The maximum atomic E-state index is 13.0. The summed E-state index contributed by atoms with van der Waals surface area (Å²) in [4.78, 5) is 26.0. The van der Waals surface area contributed by atoms with E-state index in [1.807, 2.05) is 13.0 Å². The van der Waals surface area contributed by atoms with E-state index < -0.39 is 23.6 Å². The molecule has 1 aromatic carbocycles. The number of rotatable bonds is 9. The first kappa shape index (κ1) is 28.8. The van der Waals surface area contributed by atoms with E-state index in [1.165, 1.54) is 12.1 Å². The number of benzene rings is 1. The zero-order valence-corrected chi connectivity index (χ0v) is 23.1. The van der Waals surface area contributed by atoms with E-state index in [9.17, 15) is 24.2 Å². The minimum Gasteiger partial charge on any atom is -0.458 e. The third-order valence-corrected chi connectivity index (χ3v) is 10.2. The Morgan fingerprint density at radius 3 is 2.74 bits per heavy atom. The van der Waals surface area contributed by atoms with Gasteiger partial charge >= 0.3 is 11.9 Å². The van der Waals surface area contributed by atoms with E-state index in [1.54, 1.807) is 23.9 Å². The van der Waals surface area contributed by atoms with Crippen molar-refractivity contribution >= 4 is 23.7 Å². The van der Waals surface area contributed by atoms with Gasteiger partial charge in [0.2, 0.25) is 0 Å². The standard InChI is InChI=1S/C30H39FO6S/c1-19-6-13-25-29(2,15-14-26(33)30(25,3)18-32)23(19)12-11-22-24(17-36-28(22)35)37-27(34)5-4-16-38-21-9-7-20(31)8-10-21/h7-11,23-26,32-33H,1,4-6,12-18H2,2-3H3/b22-11+/t23-,24-,25+,26-,29+,30+/m1/s1. The van der Waals surface area contributed by atoms with Crippen LogP contribution in [0.2, 0.25) is 0 Å². The lowest BCUT2D eigenvalue weighted by atomic mass is 9.46. The Bertz CT molecular complexity index is 1070. The number of ether oxygens (including phenoxy) is 2. The molecule has 1 saturated heterocycles. The van der Waals surface area contributed by atoms with Gasteiger partial charge in [0.05, 0.1) is 18.3 Å². The molecule has 4 rings (SSSR count). The zero-order valence-electron chi connectivity index (χ0n) is 22.3. The molecule has 2 N–H and O–H groups in total. The molecule has 0 aromatic heterocycles. The number of thioether (sulfide) groups is 1. The average molecular weight is 547 g/mol. The maximum Gasteiger partial charge on any atom is 0.337 e. The van der Waals surface area contributed by atoms with Crippen molar-refractivity contribution in [2.45, 2.75) is 75.9 Å². The van der Waals surface area contributed by atoms with Crippen LogP contribution in [-0.2, 0) is 19.1 Å². The lowest BCUT2D eigenvalue weighted by molar-refractivity contribution is -0.151. The quantitative estimate of drug-likeness (QED) is 0.144. The predicted octanol–water partition coefficient (Wildman–Crippen LogP) is 5.23. The molecule has 8 heteroatoms. The highest BCUT2D eigenvalue weighted by Gasteiger charge is 2.57. The van der Waals surface area contributed by atoms with Crippen LogP contribution in [0.15, 0.2) is 53.0 Å². The van der Waals surface area contributed by atoms with Crippen LogP contribution in [0.5, 0.6) is 0 Å². The van der Waals surface area contributed by atoms with E-state index >= 15 is 0 Å². The fourth-order valence-electron chi connectivity index (χ4n) is 6.80. The van der Waals surface area contributed by atoms with Crippen molar-refractivity contribution in [3.05, 3.63) is 53.9 Å². The zero-order chi connectivity index (χ0) is 27.5. The van der Waals surface area contributed by atoms with Crippen LogP contribution in [0.3, 0.4) is 0 Å². The van der Waals surface area contributed by atoms with Crippen molar-refractivity contribution in [1.29, 1.82) is 0 Å². The normalized spacial score (nSPS) is 34.2. The molecule has 0 spiro atoms. The lowest BCUT2D eigenvalue weighted by Crippen LogP contribution is -2.57. The maximum absolute atomic E-state index is 13.0. The summed E-state index contributed by atoms with van der Waals surface area (Å²) in [6, 6.07) is 6.24. The van der Waals surface area contributed by atoms with Crippen LogP contribution in [0.1, 0.15) is 58.8 Å². The van der Waals surface area contributed by atoms with E-state index in [0.717, 1.165) is 29.7 Å². The van der Waals surface area contributed by atoms with Crippen LogP contribution >= 0.6 is 11.8 Å². The number of allylic oxidation sites excluding steroid dienone is 2. The summed E-state index contributed by atoms with van der Waals surface area (Å²) in [5.41, 5.74) is 0.757. The van der Waals surface area contributed by atoms with Crippen molar-refractivity contribution in [1.82, 2.24) is 0 Å². The van der Waals surface area contributed by atoms with Crippen LogP contribution in [0.4, 0.5) is 4.39 Å². The largest absolute Gasteiger partial charge is 0.458 e. The molecule has 0 unspecified atom stereocenters. The topological polar surface area (TPSA) is 93.1 Å². The van der Waals surface area contributed by atoms with Crippen molar-refractivity contribution in [2.24, 2.45) is 22.7 Å². The van der Waals surface area contributed by atoms with Gasteiger partial charge < -0.3 is 19.7 Å². The van der Waals surface area contributed by atoms with Crippen LogP contribution < -0.4 is 0 Å². The van der Waals surface area contributed by atoms with Gasteiger partial charge in [-0.3, -0.25) is 4.79 Å². The number of fused-ring (bicyclic) bond motifs is 1. The van der Waals surface area contributed by atoms with Crippen LogP contribution in [0, 0.1) is 28.5 Å². The van der Waals surface area contributed by atoms with Crippen molar-refractivity contribution in [3.63, 3.8) is 0 Å². The molecule has 2 saturated carbocycles. The van der Waals surface area contributed by atoms with Crippen molar-refractivity contribution in [2.75, 3.05) is 19.0 Å². The Balaban J connectivity index is 1.36. The van der Waals surface area contributed by atoms with Crippen molar-refractivity contribution in [3.8, 4) is 0 Å². The van der Waals surface area contributed by atoms with Crippen molar-refractivity contribution < 1.29 is 33.7 Å². The molecule has 0 bridgehead atoms. The molecule has 208 valence electrons. The first-order chi connectivity index (χ1) is 18.1. The van der Waals surface area contributed by atoms with Gasteiger partial charge in [0.15, 0.2) is 6.10 Å². The molecule has 1 heterocycles. The number of cyclic esters (lactones) is 1. The smallest absolute Gasteiger partial charge is 0.337 e. The third-order valence-electron chi connectivity index (χ3n) is 9.10. The number of carbonyl (C=O) groups is 2. The molecular formula is C30H39FO6S. The number of aliphatic hydroxyl groups excluding tert-OH is 2. The Hall–Kier alpha value is -2.16. The highest BCUT2D eigenvalue weighted by Crippen LogP contribution is 2.61. The summed E-state index contributed by atoms with van der Waals surface area (Å²) in [5.74, 6) is -0.216. The highest BCUT2D eigenvalue weighted by atomic mass is 32.2. The number of hydrogen-bond donors (Lipinski definition) is 2. The average Bonchev–Trinajstić information content (AvgIpc) is 3.23. The SMILES string of the molecule is C=C1CC[C@@H]2[C@](C)(CO)[C@H](O)CC[C@@]2(C)[C@@H]1C/C=C1/C(=O)OC[C@H]1OC(=O)CCCSc1ccc(F)cc1. The van der Waals surface area contributed by atoms with E-state index in [0.29, 0.717) is 30.6 Å². The molecular weight excluding hydrogens is 507 g/mol. The summed E-state index contributed by atoms with van der Waals surface area (Å²) in [5, 5.41) is 20.9. The summed E-state index contributed by atoms with van der Waals surface area (Å²) < 4.78 is 23.9. The second-order valence-electron chi connectivity index (χ2n) is 11.4. The molecule has 0 amide bonds. The fourth-order valence-corrected chi connectivity index (χ4v) is 7.66. The predicted molar refractivity (Wildman–Crippen MR) is 144 cm³/mol. The third kappa shape index (κ3) is 5.87. The molecule has 0 radical (unpaired) electrons. The molecule has 1 aromatic rings. The second kappa shape index (κ2) is 11.9. The number of hydrogen-bond acceptors (Lipinski definition) is 7. The lowest BCUT2D eigenvalue weighted by Gasteiger charge is -2.59. The van der Waals surface area contributed by atoms with Gasteiger partial charge in [0, 0.05) is 16.7 Å². The Kier molecular flexibility index (Phi) is 9.05. The number of carbonyl (C=O) groups excluding carboxylic acids is 2. The highest BCUT2D eigenvalue weighted by molar-refractivity contribution is 7.99. The summed E-state index contributed by atoms with van der Waals surface area (Å²) in [6.45, 7) is 8.49. The number of esters is 2. The Morgan fingerprint density at radius 1 is 1.29 bits per heavy atom. The first-order valence-corrected chi connectivity index (χ1v) is 14.5. The summed E-state index contributed by atoms with van der Waals surface area (Å²) in [6.07, 6.45) is 5.08. The van der Waals surface area contributed by atoms with E-state index in [2.05, 4.69) is 13.5 Å². The molecule has 2 aliphatic carbocycles. The number of halogens is 1. The second-order valence-corrected chi connectivity index (χ2v) is 12.6. The summed E-state index contributed by atoms with van der Waals surface area (Å²) >= 11 is 1.54. The van der Waals surface area contributed by atoms with Gasteiger partial charge in [-0.2, -0.15) is 0 Å². The van der Waals surface area contributed by atoms with Crippen LogP contribution in [-0.4, -0.2) is 53.3 Å². The molecule has 1 aliphatic heterocycles. The Morgan fingerprint density at radius 2 is 2.03 bits per heavy atom. The molecule has 38 heavy (non-hydrogen) atoms. The van der Waals surface area contributed by atoms with Gasteiger partial charge in [-0.25, -0.2) is 9.18 Å². The van der Waals surface area contributed by atoms with Gasteiger partial charge in [-0.05, 0) is 85.8 Å². The molecule has 6 atom stereocenters. The monoisotopic (exact) mass is 546 g/mol. The minimum atomic E-state index is -0.726. The molecule has 3 fully saturated rings. The van der Waals surface area contributed by atoms with Gasteiger partial charge in [-0.15, -0.1) is 11.8 Å². The minimum absolute atomic E-state index is 0.0149. The number of aliphatic hydroxyl groups is 2. The van der Waals surface area contributed by atoms with E-state index in [4.69, 9.17) is 9.47 Å². The Labute approximate surface area is 228 Å². The molecule has 3 aliphatic rings.